The number of aromatic amines is 1. The Kier molecular flexibility index (Phi) is 5.89. The standard InChI is InChI=1S/C21H21N5O2S/c1-12-13(2)17(11-22)21(23-14(12)3)29-15(4)20(28)24-18-10-19(27)26(25-18)16-8-6-5-7-9-16/h5-10,15,25H,1-4H3,(H,24,28). The smallest absolute Gasteiger partial charge is 0.273 e. The number of aryl methyl sites for hydroxylation is 1. The van der Waals surface area contributed by atoms with Gasteiger partial charge in [-0.25, -0.2) is 9.67 Å². The SMILES string of the molecule is Cc1nc(SC(C)C(=O)Nc2cc(=O)n(-c3ccccc3)[nH]2)c(C#N)c(C)c1C. The number of hydrogen-bond donors (Lipinski definition) is 2. The molecule has 29 heavy (non-hydrogen) atoms. The first-order valence-electron chi connectivity index (χ1n) is 9.04. The summed E-state index contributed by atoms with van der Waals surface area (Å²) in [5.74, 6) is 0.0130. The van der Waals surface area contributed by atoms with E-state index < -0.39 is 5.25 Å². The summed E-state index contributed by atoms with van der Waals surface area (Å²) in [6.45, 7) is 7.43. The molecule has 0 saturated heterocycles. The highest BCUT2D eigenvalue weighted by Crippen LogP contribution is 2.29. The van der Waals surface area contributed by atoms with Crippen molar-refractivity contribution in [1.82, 2.24) is 14.8 Å². The summed E-state index contributed by atoms with van der Waals surface area (Å²) in [7, 11) is 0. The Balaban J connectivity index is 1.78. The molecule has 0 aliphatic rings. The van der Waals surface area contributed by atoms with Crippen LogP contribution in [0.25, 0.3) is 5.69 Å². The topological polar surface area (TPSA) is 104 Å². The van der Waals surface area contributed by atoms with Gasteiger partial charge in [0.15, 0.2) is 0 Å². The van der Waals surface area contributed by atoms with Crippen LogP contribution in [0.2, 0.25) is 0 Å². The van der Waals surface area contributed by atoms with E-state index in [0.29, 0.717) is 22.1 Å². The molecule has 1 unspecified atom stereocenters. The second-order valence-electron chi connectivity index (χ2n) is 6.67. The zero-order valence-electron chi connectivity index (χ0n) is 16.6. The Morgan fingerprint density at radius 1 is 1.24 bits per heavy atom. The van der Waals surface area contributed by atoms with Gasteiger partial charge in [0.25, 0.3) is 5.56 Å². The Bertz CT molecular complexity index is 1160. The average molecular weight is 407 g/mol. The number of nitriles is 1. The van der Waals surface area contributed by atoms with E-state index in [4.69, 9.17) is 0 Å². The number of para-hydroxylation sites is 1. The second-order valence-corrected chi connectivity index (χ2v) is 8.00. The van der Waals surface area contributed by atoms with Crippen LogP contribution in [-0.2, 0) is 4.79 Å². The van der Waals surface area contributed by atoms with E-state index >= 15 is 0 Å². The number of nitrogens with one attached hydrogen (secondary N) is 2. The zero-order valence-corrected chi connectivity index (χ0v) is 17.4. The van der Waals surface area contributed by atoms with Crippen LogP contribution < -0.4 is 10.9 Å². The maximum Gasteiger partial charge on any atom is 0.273 e. The van der Waals surface area contributed by atoms with E-state index in [0.717, 1.165) is 16.8 Å². The highest BCUT2D eigenvalue weighted by Gasteiger charge is 2.21. The number of amides is 1. The maximum atomic E-state index is 12.6. The van der Waals surface area contributed by atoms with Gasteiger partial charge in [-0.05, 0) is 51.0 Å². The van der Waals surface area contributed by atoms with Crippen molar-refractivity contribution in [2.45, 2.75) is 38.0 Å². The predicted octanol–water partition coefficient (Wildman–Crippen LogP) is 3.48. The molecule has 148 valence electrons. The third-order valence-corrected chi connectivity index (χ3v) is 5.81. The van der Waals surface area contributed by atoms with Gasteiger partial charge in [-0.15, -0.1) is 0 Å². The van der Waals surface area contributed by atoms with E-state index in [1.54, 1.807) is 19.1 Å². The van der Waals surface area contributed by atoms with Crippen LogP contribution in [-0.4, -0.2) is 25.9 Å². The number of thioether (sulfide) groups is 1. The minimum Gasteiger partial charge on any atom is -0.310 e. The van der Waals surface area contributed by atoms with E-state index in [2.05, 4.69) is 21.5 Å². The van der Waals surface area contributed by atoms with E-state index in [1.165, 1.54) is 22.5 Å². The van der Waals surface area contributed by atoms with Gasteiger partial charge in [-0.1, -0.05) is 30.0 Å². The number of carbonyl (C=O) groups is 1. The molecular weight excluding hydrogens is 386 g/mol. The summed E-state index contributed by atoms with van der Waals surface area (Å²) in [5, 5.41) is 15.1. The molecule has 1 amide bonds. The molecule has 7 nitrogen and oxygen atoms in total. The monoisotopic (exact) mass is 407 g/mol. The van der Waals surface area contributed by atoms with Gasteiger partial charge in [0.05, 0.1) is 16.5 Å². The molecule has 0 radical (unpaired) electrons. The van der Waals surface area contributed by atoms with Gasteiger partial charge >= 0.3 is 0 Å². The fraction of sp³-hybridized carbons (Fsp3) is 0.238. The third-order valence-electron chi connectivity index (χ3n) is 4.73. The molecule has 3 rings (SSSR count). The van der Waals surface area contributed by atoms with Crippen LogP contribution in [0.3, 0.4) is 0 Å². The van der Waals surface area contributed by atoms with Gasteiger partial charge in [0.2, 0.25) is 5.91 Å². The van der Waals surface area contributed by atoms with Crippen molar-refractivity contribution in [1.29, 1.82) is 5.26 Å². The molecule has 2 aromatic heterocycles. The number of benzene rings is 1. The maximum absolute atomic E-state index is 12.6. The zero-order chi connectivity index (χ0) is 21.1. The summed E-state index contributed by atoms with van der Waals surface area (Å²) in [5.41, 5.74) is 3.57. The van der Waals surface area contributed by atoms with Crippen molar-refractivity contribution in [3.8, 4) is 11.8 Å². The number of anilines is 1. The Morgan fingerprint density at radius 3 is 2.59 bits per heavy atom. The Labute approximate surface area is 172 Å². The number of aromatic nitrogens is 3. The number of rotatable bonds is 5. The molecule has 1 atom stereocenters. The van der Waals surface area contributed by atoms with Crippen LogP contribution in [0.4, 0.5) is 5.82 Å². The molecule has 0 saturated carbocycles. The number of hydrogen-bond acceptors (Lipinski definition) is 5. The molecular formula is C21H21N5O2S. The predicted molar refractivity (Wildman–Crippen MR) is 114 cm³/mol. The molecule has 0 aliphatic heterocycles. The average Bonchev–Trinajstić information content (AvgIpc) is 3.07. The lowest BCUT2D eigenvalue weighted by Crippen LogP contribution is -2.23. The molecule has 1 aromatic carbocycles. The van der Waals surface area contributed by atoms with Crippen LogP contribution in [0.1, 0.15) is 29.3 Å². The lowest BCUT2D eigenvalue weighted by molar-refractivity contribution is -0.115. The number of pyridine rings is 1. The van der Waals surface area contributed by atoms with Crippen molar-refractivity contribution in [3.63, 3.8) is 0 Å². The number of H-pyrrole nitrogens is 1. The molecule has 3 aromatic rings. The van der Waals surface area contributed by atoms with Gasteiger partial charge < -0.3 is 5.32 Å². The second kappa shape index (κ2) is 8.37. The molecule has 2 heterocycles. The molecule has 0 fully saturated rings. The van der Waals surface area contributed by atoms with Crippen molar-refractivity contribution < 1.29 is 4.79 Å². The normalized spacial score (nSPS) is 11.7. The van der Waals surface area contributed by atoms with Crippen LogP contribution in [0.15, 0.2) is 46.2 Å². The van der Waals surface area contributed by atoms with Gasteiger partial charge in [0, 0.05) is 11.8 Å². The lowest BCUT2D eigenvalue weighted by atomic mass is 10.1. The summed E-state index contributed by atoms with van der Waals surface area (Å²) in [6, 6.07) is 12.6. The third kappa shape index (κ3) is 4.25. The molecule has 8 heteroatoms. The summed E-state index contributed by atoms with van der Waals surface area (Å²) >= 11 is 1.22. The molecule has 0 bridgehead atoms. The Hall–Kier alpha value is -3.31. The lowest BCUT2D eigenvalue weighted by Gasteiger charge is -2.14. The summed E-state index contributed by atoms with van der Waals surface area (Å²) in [4.78, 5) is 29.3. The Morgan fingerprint density at radius 2 is 1.93 bits per heavy atom. The van der Waals surface area contributed by atoms with Crippen molar-refractivity contribution in [3.05, 3.63) is 69.1 Å². The minimum atomic E-state index is -0.514. The largest absolute Gasteiger partial charge is 0.310 e. The number of carbonyl (C=O) groups excluding carboxylic acids is 1. The van der Waals surface area contributed by atoms with Crippen molar-refractivity contribution in [2.24, 2.45) is 0 Å². The minimum absolute atomic E-state index is 0.273. The summed E-state index contributed by atoms with van der Waals surface area (Å²) in [6.07, 6.45) is 0. The van der Waals surface area contributed by atoms with E-state index in [9.17, 15) is 14.9 Å². The number of nitrogens with zero attached hydrogens (tertiary/aromatic N) is 3. The first kappa shape index (κ1) is 20.4. The molecule has 0 aliphatic carbocycles. The van der Waals surface area contributed by atoms with Gasteiger partial charge in [0.1, 0.15) is 16.9 Å². The van der Waals surface area contributed by atoms with Crippen LogP contribution >= 0.6 is 11.8 Å². The summed E-state index contributed by atoms with van der Waals surface area (Å²) < 4.78 is 1.36. The fourth-order valence-corrected chi connectivity index (χ4v) is 3.82. The van der Waals surface area contributed by atoms with Gasteiger partial charge in [-0.2, -0.15) is 5.26 Å². The molecule has 0 spiro atoms. The van der Waals surface area contributed by atoms with E-state index in [-0.39, 0.29) is 11.5 Å². The first-order chi connectivity index (χ1) is 13.8. The van der Waals surface area contributed by atoms with Gasteiger partial charge in [-0.3, -0.25) is 14.7 Å². The first-order valence-corrected chi connectivity index (χ1v) is 9.92. The van der Waals surface area contributed by atoms with Crippen molar-refractivity contribution in [2.75, 3.05) is 5.32 Å². The van der Waals surface area contributed by atoms with E-state index in [1.807, 2.05) is 39.0 Å². The quantitative estimate of drug-likeness (QED) is 0.630. The highest BCUT2D eigenvalue weighted by atomic mass is 32.2. The molecule has 2 N–H and O–H groups in total. The van der Waals surface area contributed by atoms with Crippen LogP contribution in [0.5, 0.6) is 0 Å². The van der Waals surface area contributed by atoms with Crippen molar-refractivity contribution >= 4 is 23.5 Å². The van der Waals surface area contributed by atoms with Crippen LogP contribution in [0, 0.1) is 32.1 Å². The fourth-order valence-electron chi connectivity index (χ4n) is 2.81. The highest BCUT2D eigenvalue weighted by molar-refractivity contribution is 8.00.